The van der Waals surface area contributed by atoms with Crippen LogP contribution in [0, 0.1) is 20.8 Å². The molecule has 0 aliphatic carbocycles. The van der Waals surface area contributed by atoms with Crippen molar-refractivity contribution in [2.24, 2.45) is 0 Å². The molecule has 0 fully saturated rings. The lowest BCUT2D eigenvalue weighted by Crippen LogP contribution is -2.10. The fourth-order valence-corrected chi connectivity index (χ4v) is 3.10. The Hall–Kier alpha value is -2.67. The van der Waals surface area contributed by atoms with Crippen molar-refractivity contribution in [2.75, 3.05) is 5.73 Å². The molecule has 0 atom stereocenters. The van der Waals surface area contributed by atoms with Gasteiger partial charge in [-0.2, -0.15) is 4.37 Å². The SMILES string of the molecule is Cc1cc2oc(=O)cc(COC(=O)c3c(C)nsc3N)c2cc1C. The maximum absolute atomic E-state index is 12.2. The predicted molar refractivity (Wildman–Crippen MR) is 92.3 cm³/mol. The zero-order valence-electron chi connectivity index (χ0n) is 13.5. The average Bonchev–Trinajstić information content (AvgIpc) is 2.85. The first kappa shape index (κ1) is 16.2. The molecule has 2 N–H and O–H groups in total. The first-order valence-electron chi connectivity index (χ1n) is 7.29. The fraction of sp³-hybridized carbons (Fsp3) is 0.235. The Balaban J connectivity index is 1.94. The topological polar surface area (TPSA) is 95.4 Å². The molecule has 7 heteroatoms. The number of ether oxygens (including phenoxy) is 1. The number of carbonyl (C=O) groups excluding carboxylic acids is 1. The molecule has 6 nitrogen and oxygen atoms in total. The summed E-state index contributed by atoms with van der Waals surface area (Å²) in [4.78, 5) is 24.0. The Morgan fingerprint density at radius 2 is 1.96 bits per heavy atom. The number of hydrogen-bond donors (Lipinski definition) is 1. The minimum Gasteiger partial charge on any atom is -0.457 e. The number of rotatable bonds is 3. The van der Waals surface area contributed by atoms with E-state index < -0.39 is 11.6 Å². The summed E-state index contributed by atoms with van der Waals surface area (Å²) >= 11 is 1.05. The molecule has 2 aromatic heterocycles. The lowest BCUT2D eigenvalue weighted by Gasteiger charge is -2.09. The number of anilines is 1. The molecule has 0 aliphatic rings. The van der Waals surface area contributed by atoms with Crippen LogP contribution in [0.3, 0.4) is 0 Å². The van der Waals surface area contributed by atoms with Gasteiger partial charge in [-0.15, -0.1) is 0 Å². The zero-order valence-corrected chi connectivity index (χ0v) is 14.3. The van der Waals surface area contributed by atoms with Gasteiger partial charge in [-0.05, 0) is 55.6 Å². The van der Waals surface area contributed by atoms with Crippen LogP contribution < -0.4 is 11.4 Å². The normalized spacial score (nSPS) is 11.0. The van der Waals surface area contributed by atoms with E-state index in [-0.39, 0.29) is 12.2 Å². The van der Waals surface area contributed by atoms with Gasteiger partial charge in [-0.3, -0.25) is 0 Å². The Morgan fingerprint density at radius 3 is 2.62 bits per heavy atom. The summed E-state index contributed by atoms with van der Waals surface area (Å²) in [5.74, 6) is -0.552. The summed E-state index contributed by atoms with van der Waals surface area (Å²) in [5.41, 5.74) is 9.23. The van der Waals surface area contributed by atoms with Crippen molar-refractivity contribution in [1.29, 1.82) is 0 Å². The van der Waals surface area contributed by atoms with Crippen LogP contribution in [0.15, 0.2) is 27.4 Å². The highest BCUT2D eigenvalue weighted by Gasteiger charge is 2.18. The third-order valence-corrected chi connectivity index (χ3v) is 4.66. The Bertz CT molecular complexity index is 984. The second kappa shape index (κ2) is 6.09. The van der Waals surface area contributed by atoms with Crippen LogP contribution in [-0.4, -0.2) is 10.3 Å². The van der Waals surface area contributed by atoms with E-state index in [1.807, 2.05) is 26.0 Å². The van der Waals surface area contributed by atoms with Gasteiger partial charge >= 0.3 is 11.6 Å². The van der Waals surface area contributed by atoms with Gasteiger partial charge in [0.25, 0.3) is 0 Å². The van der Waals surface area contributed by atoms with E-state index in [4.69, 9.17) is 14.9 Å². The maximum Gasteiger partial charge on any atom is 0.343 e. The fourth-order valence-electron chi connectivity index (χ4n) is 2.45. The molecule has 0 unspecified atom stereocenters. The lowest BCUT2D eigenvalue weighted by molar-refractivity contribution is 0.0474. The van der Waals surface area contributed by atoms with Gasteiger partial charge in [0.15, 0.2) is 0 Å². The molecule has 1 aromatic carbocycles. The molecule has 0 aliphatic heterocycles. The number of aryl methyl sites for hydroxylation is 3. The smallest absolute Gasteiger partial charge is 0.343 e. The van der Waals surface area contributed by atoms with Crippen molar-refractivity contribution in [1.82, 2.24) is 4.37 Å². The van der Waals surface area contributed by atoms with Crippen LogP contribution in [0.5, 0.6) is 0 Å². The molecule has 124 valence electrons. The molecule has 3 aromatic rings. The minimum atomic E-state index is -0.552. The van der Waals surface area contributed by atoms with Crippen LogP contribution in [-0.2, 0) is 11.3 Å². The molecule has 0 bridgehead atoms. The predicted octanol–water partition coefficient (Wildman–Crippen LogP) is 3.11. The van der Waals surface area contributed by atoms with Crippen molar-refractivity contribution in [3.05, 3.63) is 56.6 Å². The van der Waals surface area contributed by atoms with Gasteiger partial charge in [0.1, 0.15) is 22.8 Å². The van der Waals surface area contributed by atoms with Crippen LogP contribution in [0.1, 0.15) is 32.7 Å². The highest BCUT2D eigenvalue weighted by molar-refractivity contribution is 7.10. The molecule has 0 saturated heterocycles. The van der Waals surface area contributed by atoms with Gasteiger partial charge in [0.05, 0.1) is 5.69 Å². The first-order chi connectivity index (χ1) is 11.4. The summed E-state index contributed by atoms with van der Waals surface area (Å²) in [6, 6.07) is 5.07. The van der Waals surface area contributed by atoms with Crippen molar-refractivity contribution < 1.29 is 13.9 Å². The first-order valence-corrected chi connectivity index (χ1v) is 8.07. The number of nitrogens with zero attached hydrogens (tertiary/aromatic N) is 1. The van der Waals surface area contributed by atoms with Gasteiger partial charge in [0, 0.05) is 17.0 Å². The van der Waals surface area contributed by atoms with Crippen LogP contribution in [0.25, 0.3) is 11.0 Å². The number of fused-ring (bicyclic) bond motifs is 1. The summed E-state index contributed by atoms with van der Waals surface area (Å²) in [6.07, 6.45) is 0. The van der Waals surface area contributed by atoms with E-state index in [2.05, 4.69) is 4.37 Å². The number of hydrogen-bond acceptors (Lipinski definition) is 7. The Morgan fingerprint density at radius 1 is 1.25 bits per heavy atom. The second-order valence-corrected chi connectivity index (χ2v) is 6.41. The maximum atomic E-state index is 12.2. The van der Waals surface area contributed by atoms with E-state index in [0.717, 1.165) is 28.0 Å². The molecule has 3 rings (SSSR count). The second-order valence-electron chi connectivity index (χ2n) is 5.61. The molecule has 0 amide bonds. The standard InChI is InChI=1S/C17H16N2O4S/c1-8-4-12-11(6-14(20)23-13(12)5-9(8)2)7-22-17(21)15-10(3)19-24-16(15)18/h4-6H,7,18H2,1-3H3. The van der Waals surface area contributed by atoms with Gasteiger partial charge in [-0.1, -0.05) is 0 Å². The molecular formula is C17H16N2O4S. The number of esters is 1. The van der Waals surface area contributed by atoms with Crippen LogP contribution in [0.2, 0.25) is 0 Å². The van der Waals surface area contributed by atoms with Crippen molar-refractivity contribution in [2.45, 2.75) is 27.4 Å². The van der Waals surface area contributed by atoms with Crippen molar-refractivity contribution in [3.8, 4) is 0 Å². The Labute approximate surface area is 142 Å². The zero-order chi connectivity index (χ0) is 17.4. The lowest BCUT2D eigenvalue weighted by atomic mass is 10.0. The molecule has 2 heterocycles. The molecular weight excluding hydrogens is 328 g/mol. The van der Waals surface area contributed by atoms with E-state index in [1.165, 1.54) is 6.07 Å². The van der Waals surface area contributed by atoms with E-state index in [9.17, 15) is 9.59 Å². The molecule has 0 spiro atoms. The quantitative estimate of drug-likeness (QED) is 0.579. The van der Waals surface area contributed by atoms with Gasteiger partial charge < -0.3 is 14.9 Å². The third-order valence-electron chi connectivity index (χ3n) is 3.90. The van der Waals surface area contributed by atoms with E-state index in [0.29, 0.717) is 21.8 Å². The largest absolute Gasteiger partial charge is 0.457 e. The van der Waals surface area contributed by atoms with Crippen LogP contribution >= 0.6 is 11.5 Å². The number of nitrogen functional groups attached to an aromatic ring is 1. The third kappa shape index (κ3) is 2.90. The molecule has 0 saturated carbocycles. The minimum absolute atomic E-state index is 0.0435. The summed E-state index contributed by atoms with van der Waals surface area (Å²) in [5, 5.41) is 1.07. The number of benzene rings is 1. The van der Waals surface area contributed by atoms with Gasteiger partial charge in [0.2, 0.25) is 0 Å². The van der Waals surface area contributed by atoms with E-state index >= 15 is 0 Å². The highest BCUT2D eigenvalue weighted by atomic mass is 32.1. The summed E-state index contributed by atoms with van der Waals surface area (Å²) in [7, 11) is 0. The number of nitrogens with two attached hydrogens (primary N) is 1. The highest BCUT2D eigenvalue weighted by Crippen LogP contribution is 2.24. The molecule has 24 heavy (non-hydrogen) atoms. The summed E-state index contributed by atoms with van der Waals surface area (Å²) < 4.78 is 14.6. The number of aromatic nitrogens is 1. The Kier molecular flexibility index (Phi) is 4.11. The van der Waals surface area contributed by atoms with E-state index in [1.54, 1.807) is 6.92 Å². The van der Waals surface area contributed by atoms with Gasteiger partial charge in [-0.25, -0.2) is 9.59 Å². The number of carbonyl (C=O) groups is 1. The molecule has 0 radical (unpaired) electrons. The monoisotopic (exact) mass is 344 g/mol. The van der Waals surface area contributed by atoms with Crippen molar-refractivity contribution in [3.63, 3.8) is 0 Å². The summed E-state index contributed by atoms with van der Waals surface area (Å²) in [6.45, 7) is 5.56. The average molecular weight is 344 g/mol. The van der Waals surface area contributed by atoms with Crippen LogP contribution in [0.4, 0.5) is 5.00 Å². The van der Waals surface area contributed by atoms with Crippen molar-refractivity contribution >= 4 is 33.5 Å².